The van der Waals surface area contributed by atoms with Crippen molar-refractivity contribution in [3.05, 3.63) is 64.7 Å². The Morgan fingerprint density at radius 1 is 1.04 bits per heavy atom. The van der Waals surface area contributed by atoms with Crippen molar-refractivity contribution in [3.63, 3.8) is 0 Å². The molecule has 2 aromatic carbocycles. The maximum atomic E-state index is 10.2. The Balaban J connectivity index is 1.32. The van der Waals surface area contributed by atoms with Gasteiger partial charge in [-0.1, -0.05) is 30.3 Å². The number of aryl methyl sites for hydroxylation is 2. The van der Waals surface area contributed by atoms with Gasteiger partial charge in [0, 0.05) is 12.0 Å². The summed E-state index contributed by atoms with van der Waals surface area (Å²) in [4.78, 5) is 1.42. The lowest BCUT2D eigenvalue weighted by molar-refractivity contribution is -0.919. The van der Waals surface area contributed by atoms with E-state index >= 15 is 0 Å². The van der Waals surface area contributed by atoms with Crippen LogP contribution in [0.1, 0.15) is 22.3 Å². The van der Waals surface area contributed by atoms with Gasteiger partial charge in [0.1, 0.15) is 31.5 Å². The first-order chi connectivity index (χ1) is 12.6. The number of quaternary nitrogens is 1. The zero-order chi connectivity index (χ0) is 18.4. The van der Waals surface area contributed by atoms with Crippen molar-refractivity contribution < 1.29 is 19.5 Å². The van der Waals surface area contributed by atoms with Crippen LogP contribution in [0.3, 0.4) is 0 Å². The lowest BCUT2D eigenvalue weighted by Crippen LogP contribution is -3.12. The van der Waals surface area contributed by atoms with E-state index in [4.69, 9.17) is 9.47 Å². The third kappa shape index (κ3) is 5.31. The van der Waals surface area contributed by atoms with E-state index in [1.165, 1.54) is 27.2 Å². The Bertz CT molecular complexity index is 716. The highest BCUT2D eigenvalue weighted by atomic mass is 16.5. The van der Waals surface area contributed by atoms with Crippen LogP contribution in [-0.4, -0.2) is 44.1 Å². The fourth-order valence-electron chi connectivity index (χ4n) is 3.45. The number of hydrogen-bond acceptors (Lipinski definition) is 3. The van der Waals surface area contributed by atoms with Crippen molar-refractivity contribution in [3.8, 4) is 5.75 Å². The van der Waals surface area contributed by atoms with Crippen molar-refractivity contribution >= 4 is 0 Å². The van der Waals surface area contributed by atoms with E-state index in [2.05, 4.69) is 44.2 Å². The Hall–Kier alpha value is -1.88. The molecular formula is C22H30NO3+. The van der Waals surface area contributed by atoms with Gasteiger partial charge < -0.3 is 19.5 Å². The molecule has 0 amide bonds. The van der Waals surface area contributed by atoms with Crippen LogP contribution >= 0.6 is 0 Å². The molecule has 0 fully saturated rings. The van der Waals surface area contributed by atoms with Crippen LogP contribution in [0.5, 0.6) is 5.75 Å². The maximum absolute atomic E-state index is 10.2. The van der Waals surface area contributed by atoms with E-state index in [9.17, 15) is 5.11 Å². The molecule has 0 aliphatic carbocycles. The number of rotatable bonds is 8. The summed E-state index contributed by atoms with van der Waals surface area (Å²) >= 11 is 0. The standard InChI is InChI=1S/C22H29NO3/c1-17-7-8-22(13-18(17)2)26-12-11-25-16-21(24)15-23-10-9-19-5-3-4-6-20(19)14-23/h3-8,13,21,24H,9-12,14-16H2,1-2H3/p+1/t21-/m1/s1. The first kappa shape index (κ1) is 18.9. The molecule has 0 radical (unpaired) electrons. The Morgan fingerprint density at radius 2 is 1.85 bits per heavy atom. The summed E-state index contributed by atoms with van der Waals surface area (Å²) in [6.45, 7) is 8.31. The summed E-state index contributed by atoms with van der Waals surface area (Å²) < 4.78 is 11.3. The van der Waals surface area contributed by atoms with Crippen LogP contribution < -0.4 is 9.64 Å². The molecule has 0 aromatic heterocycles. The highest BCUT2D eigenvalue weighted by Crippen LogP contribution is 2.16. The van der Waals surface area contributed by atoms with Crippen molar-refractivity contribution in [2.45, 2.75) is 32.9 Å². The highest BCUT2D eigenvalue weighted by Gasteiger charge is 2.21. The molecule has 1 heterocycles. The summed E-state index contributed by atoms with van der Waals surface area (Å²) in [6.07, 6.45) is 0.653. The van der Waals surface area contributed by atoms with Gasteiger partial charge in [-0.15, -0.1) is 0 Å². The second-order valence-electron chi connectivity index (χ2n) is 7.22. The van der Waals surface area contributed by atoms with Crippen molar-refractivity contribution in [2.75, 3.05) is 32.9 Å². The van der Waals surface area contributed by atoms with E-state index in [0.717, 1.165) is 31.8 Å². The predicted molar refractivity (Wildman–Crippen MR) is 103 cm³/mol. The number of nitrogens with one attached hydrogen (secondary N) is 1. The van der Waals surface area contributed by atoms with Crippen molar-refractivity contribution in [1.82, 2.24) is 0 Å². The zero-order valence-corrected chi connectivity index (χ0v) is 15.8. The van der Waals surface area contributed by atoms with Gasteiger partial charge in [-0.2, -0.15) is 0 Å². The van der Waals surface area contributed by atoms with Gasteiger partial charge in [0.15, 0.2) is 0 Å². The molecule has 1 aliphatic rings. The lowest BCUT2D eigenvalue weighted by atomic mass is 10.00. The van der Waals surface area contributed by atoms with Gasteiger partial charge >= 0.3 is 0 Å². The average molecular weight is 356 g/mol. The molecular weight excluding hydrogens is 326 g/mol. The minimum Gasteiger partial charge on any atom is -0.491 e. The molecule has 2 N–H and O–H groups in total. The molecule has 4 heteroatoms. The van der Waals surface area contributed by atoms with E-state index < -0.39 is 6.10 Å². The maximum Gasteiger partial charge on any atom is 0.126 e. The molecule has 0 saturated heterocycles. The van der Waals surface area contributed by atoms with Gasteiger partial charge in [-0.05, 0) is 42.7 Å². The average Bonchev–Trinajstić information content (AvgIpc) is 2.64. The Morgan fingerprint density at radius 3 is 2.65 bits per heavy atom. The zero-order valence-electron chi connectivity index (χ0n) is 15.8. The molecule has 0 saturated carbocycles. The fraction of sp³-hybridized carbons (Fsp3) is 0.455. The topological polar surface area (TPSA) is 43.1 Å². The molecule has 0 bridgehead atoms. The minimum atomic E-state index is -0.433. The molecule has 1 unspecified atom stereocenters. The molecule has 2 atom stereocenters. The summed E-state index contributed by atoms with van der Waals surface area (Å²) in [5.74, 6) is 0.869. The van der Waals surface area contributed by atoms with E-state index in [-0.39, 0.29) is 0 Å². The summed E-state index contributed by atoms with van der Waals surface area (Å²) in [5.41, 5.74) is 5.35. The summed E-state index contributed by atoms with van der Waals surface area (Å²) in [5, 5.41) is 10.2. The van der Waals surface area contributed by atoms with Gasteiger partial charge in [0.2, 0.25) is 0 Å². The predicted octanol–water partition coefficient (Wildman–Crippen LogP) is 1.70. The number of aliphatic hydroxyl groups excluding tert-OH is 1. The third-order valence-electron chi connectivity index (χ3n) is 5.12. The van der Waals surface area contributed by atoms with Gasteiger partial charge in [0.05, 0.1) is 19.8 Å². The quantitative estimate of drug-likeness (QED) is 0.708. The van der Waals surface area contributed by atoms with Gasteiger partial charge in [0.25, 0.3) is 0 Å². The van der Waals surface area contributed by atoms with Gasteiger partial charge in [-0.3, -0.25) is 0 Å². The monoisotopic (exact) mass is 356 g/mol. The Kier molecular flexibility index (Phi) is 6.67. The number of fused-ring (bicyclic) bond motifs is 1. The van der Waals surface area contributed by atoms with Crippen LogP contribution in [0.2, 0.25) is 0 Å². The number of ether oxygens (including phenoxy) is 2. The van der Waals surface area contributed by atoms with Crippen molar-refractivity contribution in [1.29, 1.82) is 0 Å². The van der Waals surface area contributed by atoms with Gasteiger partial charge in [-0.25, -0.2) is 0 Å². The van der Waals surface area contributed by atoms with E-state index in [0.29, 0.717) is 19.8 Å². The molecule has 26 heavy (non-hydrogen) atoms. The van der Waals surface area contributed by atoms with Crippen molar-refractivity contribution in [2.24, 2.45) is 0 Å². The summed E-state index contributed by atoms with van der Waals surface area (Å²) in [7, 11) is 0. The fourth-order valence-corrected chi connectivity index (χ4v) is 3.45. The first-order valence-corrected chi connectivity index (χ1v) is 9.48. The number of hydrogen-bond donors (Lipinski definition) is 2. The smallest absolute Gasteiger partial charge is 0.126 e. The molecule has 4 nitrogen and oxygen atoms in total. The van der Waals surface area contributed by atoms with Crippen LogP contribution in [0.4, 0.5) is 0 Å². The number of benzene rings is 2. The van der Waals surface area contributed by atoms with Crippen LogP contribution in [0, 0.1) is 13.8 Å². The van der Waals surface area contributed by atoms with Crippen LogP contribution in [0.25, 0.3) is 0 Å². The van der Waals surface area contributed by atoms with E-state index in [1.807, 2.05) is 12.1 Å². The molecule has 1 aliphatic heterocycles. The minimum absolute atomic E-state index is 0.363. The molecule has 2 aromatic rings. The van der Waals surface area contributed by atoms with E-state index in [1.54, 1.807) is 0 Å². The largest absolute Gasteiger partial charge is 0.491 e. The highest BCUT2D eigenvalue weighted by molar-refractivity contribution is 5.33. The number of aliphatic hydroxyl groups is 1. The molecule has 3 rings (SSSR count). The second-order valence-corrected chi connectivity index (χ2v) is 7.22. The first-order valence-electron chi connectivity index (χ1n) is 9.48. The second kappa shape index (κ2) is 9.17. The normalized spacial score (nSPS) is 17.6. The van der Waals surface area contributed by atoms with Crippen LogP contribution in [-0.2, 0) is 17.7 Å². The molecule has 140 valence electrons. The summed E-state index contributed by atoms with van der Waals surface area (Å²) in [6, 6.07) is 14.7. The van der Waals surface area contributed by atoms with Crippen LogP contribution in [0.15, 0.2) is 42.5 Å². The Labute approximate surface area is 156 Å². The third-order valence-corrected chi connectivity index (χ3v) is 5.12. The SMILES string of the molecule is Cc1ccc(OCCOC[C@H](O)C[NH+]2CCc3ccccc3C2)cc1C. The molecule has 0 spiro atoms. The lowest BCUT2D eigenvalue weighted by Gasteiger charge is -2.27.